The normalized spacial score (nSPS) is 14.3. The molecule has 0 unspecified atom stereocenters. The van der Waals surface area contributed by atoms with Gasteiger partial charge in [-0.1, -0.05) is 84.3 Å². The standard InChI is InChI=1S/C29H50OS/c1-20(2)12-9-13-21(3)14-10-15-22(4)16-11-17-23(5)18-19-27-25(7)24(6)26(8)28(30)29(27)31/h18,20-22,30-31H,9-17,19H2,1-8H3/b23-18+/t21-,22-/m1/s1. The highest BCUT2D eigenvalue weighted by atomic mass is 32.1. The van der Waals surface area contributed by atoms with Crippen LogP contribution in [0.1, 0.15) is 115 Å². The summed E-state index contributed by atoms with van der Waals surface area (Å²) in [4.78, 5) is 0.747. The molecule has 1 N–H and O–H groups in total. The first-order chi connectivity index (χ1) is 14.5. The molecule has 0 fully saturated rings. The van der Waals surface area contributed by atoms with Gasteiger partial charge >= 0.3 is 0 Å². The lowest BCUT2D eigenvalue weighted by Gasteiger charge is -2.16. The lowest BCUT2D eigenvalue weighted by Crippen LogP contribution is -2.00. The van der Waals surface area contributed by atoms with Crippen LogP contribution in [0, 0.1) is 38.5 Å². The molecule has 0 saturated carbocycles. The second kappa shape index (κ2) is 14.3. The SMILES string of the molecule is C/C(=C\Cc1c(C)c(C)c(C)c(O)c1S)CCC[C@H](C)CCC[C@H](C)CCCC(C)C. The minimum atomic E-state index is 0.343. The summed E-state index contributed by atoms with van der Waals surface area (Å²) >= 11 is 4.59. The van der Waals surface area contributed by atoms with Crippen LogP contribution in [-0.4, -0.2) is 5.11 Å². The van der Waals surface area contributed by atoms with Crippen LogP contribution in [0.25, 0.3) is 0 Å². The Morgan fingerprint density at radius 1 is 0.806 bits per heavy atom. The van der Waals surface area contributed by atoms with Gasteiger partial charge in [-0.2, -0.15) is 0 Å². The lowest BCUT2D eigenvalue weighted by atomic mass is 9.91. The summed E-state index contributed by atoms with van der Waals surface area (Å²) < 4.78 is 0. The molecule has 0 heterocycles. The van der Waals surface area contributed by atoms with Crippen molar-refractivity contribution < 1.29 is 5.11 Å². The van der Waals surface area contributed by atoms with Crippen molar-refractivity contribution >= 4 is 12.6 Å². The number of aromatic hydroxyl groups is 1. The van der Waals surface area contributed by atoms with E-state index in [4.69, 9.17) is 0 Å². The third kappa shape index (κ3) is 10.1. The molecule has 0 saturated heterocycles. The number of allylic oxidation sites excluding steroid dienone is 2. The van der Waals surface area contributed by atoms with Crippen molar-refractivity contribution in [3.63, 3.8) is 0 Å². The van der Waals surface area contributed by atoms with Gasteiger partial charge in [0.25, 0.3) is 0 Å². The van der Waals surface area contributed by atoms with E-state index in [0.717, 1.165) is 34.6 Å². The van der Waals surface area contributed by atoms with Gasteiger partial charge < -0.3 is 5.11 Å². The number of phenols is 1. The van der Waals surface area contributed by atoms with Crippen molar-refractivity contribution in [2.45, 2.75) is 124 Å². The third-order valence-corrected chi connectivity index (χ3v) is 7.72. The zero-order valence-electron chi connectivity index (χ0n) is 21.8. The van der Waals surface area contributed by atoms with Crippen LogP contribution in [0.5, 0.6) is 5.75 Å². The van der Waals surface area contributed by atoms with Crippen LogP contribution in [0.4, 0.5) is 0 Å². The fourth-order valence-electron chi connectivity index (χ4n) is 4.52. The largest absolute Gasteiger partial charge is 0.506 e. The first-order valence-corrected chi connectivity index (χ1v) is 13.1. The second-order valence-electron chi connectivity index (χ2n) is 10.7. The maximum absolute atomic E-state index is 10.3. The molecule has 178 valence electrons. The Morgan fingerprint density at radius 2 is 1.32 bits per heavy atom. The highest BCUT2D eigenvalue weighted by molar-refractivity contribution is 7.80. The summed E-state index contributed by atoms with van der Waals surface area (Å²) in [6, 6.07) is 0. The number of thiol groups is 1. The molecule has 1 rings (SSSR count). The molecule has 0 aromatic heterocycles. The van der Waals surface area contributed by atoms with Crippen molar-refractivity contribution in [3.8, 4) is 5.75 Å². The fraction of sp³-hybridized carbons (Fsp3) is 0.724. The van der Waals surface area contributed by atoms with Gasteiger partial charge in [-0.15, -0.1) is 12.6 Å². The van der Waals surface area contributed by atoms with E-state index in [-0.39, 0.29) is 0 Å². The van der Waals surface area contributed by atoms with E-state index in [9.17, 15) is 5.11 Å². The van der Waals surface area contributed by atoms with Crippen LogP contribution in [0.3, 0.4) is 0 Å². The molecule has 1 nitrogen and oxygen atoms in total. The molecule has 0 amide bonds. The third-order valence-electron chi connectivity index (χ3n) is 7.24. The molecule has 0 spiro atoms. The average Bonchev–Trinajstić information content (AvgIpc) is 2.70. The zero-order chi connectivity index (χ0) is 23.6. The number of benzene rings is 1. The molecule has 0 radical (unpaired) electrons. The smallest absolute Gasteiger partial charge is 0.132 e. The number of phenolic OH excluding ortho intramolecular Hbond substituents is 1. The molecular weight excluding hydrogens is 396 g/mol. The van der Waals surface area contributed by atoms with Gasteiger partial charge in [0.15, 0.2) is 0 Å². The van der Waals surface area contributed by atoms with E-state index < -0.39 is 0 Å². The highest BCUT2D eigenvalue weighted by Crippen LogP contribution is 2.35. The first-order valence-electron chi connectivity index (χ1n) is 12.7. The molecule has 31 heavy (non-hydrogen) atoms. The summed E-state index contributed by atoms with van der Waals surface area (Å²) in [6.07, 6.45) is 15.3. The molecule has 0 bridgehead atoms. The van der Waals surface area contributed by atoms with E-state index in [1.165, 1.54) is 80.1 Å². The summed E-state index contributed by atoms with van der Waals surface area (Å²) in [7, 11) is 0. The van der Waals surface area contributed by atoms with Crippen LogP contribution >= 0.6 is 12.6 Å². The zero-order valence-corrected chi connectivity index (χ0v) is 22.7. The molecule has 2 heteroatoms. The maximum atomic E-state index is 10.3. The Labute approximate surface area is 199 Å². The Morgan fingerprint density at radius 3 is 1.87 bits per heavy atom. The van der Waals surface area contributed by atoms with E-state index in [1.54, 1.807) is 0 Å². The summed E-state index contributed by atoms with van der Waals surface area (Å²) in [5, 5.41) is 10.3. The molecule has 0 aliphatic rings. The Hall–Kier alpha value is -0.890. The van der Waals surface area contributed by atoms with Gasteiger partial charge in [-0.05, 0) is 87.0 Å². The van der Waals surface area contributed by atoms with E-state index in [2.05, 4.69) is 67.2 Å². The minimum absolute atomic E-state index is 0.343. The Balaban J connectivity index is 2.34. The fourth-order valence-corrected chi connectivity index (χ4v) is 4.95. The molecule has 2 atom stereocenters. The van der Waals surface area contributed by atoms with E-state index >= 15 is 0 Å². The van der Waals surface area contributed by atoms with Crippen LogP contribution in [-0.2, 0) is 6.42 Å². The highest BCUT2D eigenvalue weighted by Gasteiger charge is 2.14. The Bertz CT molecular complexity index is 672. The quantitative estimate of drug-likeness (QED) is 0.215. The maximum Gasteiger partial charge on any atom is 0.132 e. The Kier molecular flexibility index (Phi) is 13.0. The number of rotatable bonds is 14. The lowest BCUT2D eigenvalue weighted by molar-refractivity contribution is 0.389. The number of hydrogen-bond acceptors (Lipinski definition) is 2. The van der Waals surface area contributed by atoms with Gasteiger partial charge in [0.05, 0.1) is 4.90 Å². The minimum Gasteiger partial charge on any atom is -0.506 e. The summed E-state index contributed by atoms with van der Waals surface area (Å²) in [5.41, 5.74) is 6.01. The van der Waals surface area contributed by atoms with Gasteiger partial charge in [0, 0.05) is 0 Å². The van der Waals surface area contributed by atoms with E-state index in [0.29, 0.717) is 5.75 Å². The van der Waals surface area contributed by atoms with Crippen molar-refractivity contribution in [1.29, 1.82) is 0 Å². The van der Waals surface area contributed by atoms with Crippen LogP contribution in [0.2, 0.25) is 0 Å². The first kappa shape index (κ1) is 28.1. The van der Waals surface area contributed by atoms with Crippen molar-refractivity contribution in [3.05, 3.63) is 33.9 Å². The van der Waals surface area contributed by atoms with Crippen molar-refractivity contribution in [1.82, 2.24) is 0 Å². The molecule has 1 aromatic carbocycles. The van der Waals surface area contributed by atoms with Gasteiger partial charge in [0.2, 0.25) is 0 Å². The summed E-state index contributed by atoms with van der Waals surface area (Å²) in [6.45, 7) is 18.0. The predicted octanol–water partition coefficient (Wildman–Crippen LogP) is 9.53. The topological polar surface area (TPSA) is 20.2 Å². The van der Waals surface area contributed by atoms with Crippen LogP contribution < -0.4 is 0 Å². The monoisotopic (exact) mass is 446 g/mol. The van der Waals surface area contributed by atoms with Gasteiger partial charge in [-0.25, -0.2) is 0 Å². The van der Waals surface area contributed by atoms with Crippen LogP contribution in [0.15, 0.2) is 16.5 Å². The van der Waals surface area contributed by atoms with E-state index in [1.807, 2.05) is 6.92 Å². The summed E-state index contributed by atoms with van der Waals surface area (Å²) in [5.74, 6) is 2.91. The molecule has 0 aliphatic heterocycles. The van der Waals surface area contributed by atoms with Crippen molar-refractivity contribution in [2.24, 2.45) is 17.8 Å². The van der Waals surface area contributed by atoms with Crippen molar-refractivity contribution in [2.75, 3.05) is 0 Å². The second-order valence-corrected chi connectivity index (χ2v) is 11.1. The molecule has 1 aromatic rings. The van der Waals surface area contributed by atoms with Gasteiger partial charge in [-0.3, -0.25) is 0 Å². The van der Waals surface area contributed by atoms with Gasteiger partial charge in [0.1, 0.15) is 5.75 Å². The predicted molar refractivity (Wildman–Crippen MR) is 142 cm³/mol. The molecular formula is C29H50OS. The average molecular weight is 447 g/mol. The molecule has 0 aliphatic carbocycles. The number of hydrogen-bond donors (Lipinski definition) is 2.